The summed E-state index contributed by atoms with van der Waals surface area (Å²) < 4.78 is 58.7. The zero-order valence-electron chi connectivity index (χ0n) is 20.3. The molecule has 4 heterocycles. The van der Waals surface area contributed by atoms with E-state index in [0.717, 1.165) is 36.0 Å². The number of anilines is 1. The molecule has 3 aromatic heterocycles. The molecule has 2 saturated carbocycles. The first-order valence-corrected chi connectivity index (χ1v) is 16.5. The van der Waals surface area contributed by atoms with Gasteiger partial charge in [-0.25, -0.2) is 26.9 Å². The third kappa shape index (κ3) is 4.16. The van der Waals surface area contributed by atoms with Gasteiger partial charge in [0.05, 0.1) is 17.3 Å². The summed E-state index contributed by atoms with van der Waals surface area (Å²) in [4.78, 5) is 10.6. The Morgan fingerprint density at radius 1 is 1.28 bits per heavy atom. The van der Waals surface area contributed by atoms with Gasteiger partial charge in [0.15, 0.2) is 19.6 Å². The van der Waals surface area contributed by atoms with Crippen molar-refractivity contribution in [1.82, 2.24) is 29.3 Å². The summed E-state index contributed by atoms with van der Waals surface area (Å²) in [5.41, 5.74) is 0.267. The van der Waals surface area contributed by atoms with Gasteiger partial charge in [-0.1, -0.05) is 17.9 Å². The highest BCUT2D eigenvalue weighted by Gasteiger charge is 2.55. The lowest BCUT2D eigenvalue weighted by atomic mass is 10.1. The van der Waals surface area contributed by atoms with E-state index in [-0.39, 0.29) is 10.9 Å². The highest BCUT2D eigenvalue weighted by atomic mass is 32.2. The molecular formula is C22H28F2N7O2S2Si. The quantitative estimate of drug-likeness (QED) is 0.435. The number of pyridine rings is 1. The highest BCUT2D eigenvalue weighted by Crippen LogP contribution is 2.54. The van der Waals surface area contributed by atoms with Crippen molar-refractivity contribution in [3.63, 3.8) is 0 Å². The molecule has 36 heavy (non-hydrogen) atoms. The molecule has 0 bridgehead atoms. The zero-order valence-corrected chi connectivity index (χ0v) is 22.9. The van der Waals surface area contributed by atoms with Gasteiger partial charge in [0.2, 0.25) is 10.0 Å². The lowest BCUT2D eigenvalue weighted by molar-refractivity contribution is 0.101. The standard InChI is InChI=1S/C22H28F2N7O2S2Si/c1-13-10-30(12-36(3)28-13)15-8-14(35(32,33)29-21(2)4-5-21)11-31-16(9-25-17(15)31)18-26-27-20(34-18)22(6-7-22)19(23)24/h8-9,11,13,19,28-29H,4-7,10,12H2,1-3H3/t13-/m0/s1. The largest absolute Gasteiger partial charge is 0.369 e. The van der Waals surface area contributed by atoms with Crippen molar-refractivity contribution in [3.8, 4) is 10.7 Å². The summed E-state index contributed by atoms with van der Waals surface area (Å²) >= 11 is 1.13. The minimum atomic E-state index is -3.80. The van der Waals surface area contributed by atoms with Crippen LogP contribution in [0.4, 0.5) is 14.5 Å². The molecule has 1 radical (unpaired) electrons. The maximum Gasteiger partial charge on any atom is 0.250 e. The van der Waals surface area contributed by atoms with E-state index in [4.69, 9.17) is 0 Å². The maximum absolute atomic E-state index is 13.7. The number of nitrogens with one attached hydrogen (secondary N) is 2. The molecule has 14 heteroatoms. The molecule has 1 atom stereocenters. The van der Waals surface area contributed by atoms with Gasteiger partial charge in [-0.2, -0.15) is 0 Å². The van der Waals surface area contributed by atoms with Crippen LogP contribution in [0.1, 0.15) is 44.5 Å². The minimum absolute atomic E-state index is 0.143. The number of rotatable bonds is 7. The molecular weight excluding hydrogens is 525 g/mol. The van der Waals surface area contributed by atoms with Gasteiger partial charge in [-0.15, -0.1) is 10.2 Å². The number of hydrogen-bond acceptors (Lipinski definition) is 8. The third-order valence-corrected chi connectivity index (χ3v) is 11.9. The first kappa shape index (κ1) is 24.3. The molecule has 1 saturated heterocycles. The number of hydrogen-bond donors (Lipinski definition) is 2. The Bertz CT molecular complexity index is 1430. The van der Waals surface area contributed by atoms with E-state index in [2.05, 4.69) is 43.3 Å². The number of aromatic nitrogens is 4. The fourth-order valence-corrected chi connectivity index (χ4v) is 9.30. The van der Waals surface area contributed by atoms with Crippen LogP contribution in [0.5, 0.6) is 0 Å². The van der Waals surface area contributed by atoms with Crippen LogP contribution in [0.25, 0.3) is 16.3 Å². The van der Waals surface area contributed by atoms with Crippen LogP contribution in [0.15, 0.2) is 23.4 Å². The predicted octanol–water partition coefficient (Wildman–Crippen LogP) is 2.94. The molecule has 3 fully saturated rings. The molecule has 6 rings (SSSR count). The molecule has 1 aliphatic heterocycles. The Morgan fingerprint density at radius 3 is 2.67 bits per heavy atom. The van der Waals surface area contributed by atoms with Crippen LogP contribution in [0.2, 0.25) is 6.55 Å². The summed E-state index contributed by atoms with van der Waals surface area (Å²) in [6, 6.07) is 1.96. The Labute approximate surface area is 214 Å². The number of imidazole rings is 1. The van der Waals surface area contributed by atoms with Gasteiger partial charge in [0.25, 0.3) is 6.43 Å². The van der Waals surface area contributed by atoms with Gasteiger partial charge in [-0.3, -0.25) is 4.40 Å². The normalized spacial score (nSPS) is 23.5. The average Bonchev–Trinajstić information content (AvgIpc) is 3.64. The van der Waals surface area contributed by atoms with Gasteiger partial charge >= 0.3 is 0 Å². The smallest absolute Gasteiger partial charge is 0.250 e. The van der Waals surface area contributed by atoms with Crippen molar-refractivity contribution in [3.05, 3.63) is 23.5 Å². The summed E-state index contributed by atoms with van der Waals surface area (Å²) in [6.07, 6.45) is 3.87. The molecule has 3 aromatic rings. The molecule has 0 aromatic carbocycles. The van der Waals surface area contributed by atoms with E-state index in [1.54, 1.807) is 22.9 Å². The molecule has 0 spiro atoms. The number of nitrogens with zero attached hydrogens (tertiary/aromatic N) is 5. The Hall–Kier alpha value is -2.00. The fraction of sp³-hybridized carbons (Fsp3) is 0.591. The molecule has 2 N–H and O–H groups in total. The predicted molar refractivity (Wildman–Crippen MR) is 135 cm³/mol. The second-order valence-corrected chi connectivity index (χ2v) is 15.5. The number of fused-ring (bicyclic) bond motifs is 1. The molecule has 193 valence electrons. The highest BCUT2D eigenvalue weighted by molar-refractivity contribution is 7.89. The second-order valence-electron chi connectivity index (χ2n) is 10.6. The molecule has 0 unspecified atom stereocenters. The Morgan fingerprint density at radius 2 is 2.03 bits per heavy atom. The van der Waals surface area contributed by atoms with Crippen LogP contribution in [-0.4, -0.2) is 67.7 Å². The number of alkyl halides is 2. The second kappa shape index (κ2) is 8.25. The molecule has 0 amide bonds. The third-order valence-electron chi connectivity index (χ3n) is 7.28. The van der Waals surface area contributed by atoms with E-state index >= 15 is 0 Å². The summed E-state index contributed by atoms with van der Waals surface area (Å²) in [6.45, 7) is 6.92. The van der Waals surface area contributed by atoms with Crippen LogP contribution in [-0.2, 0) is 15.4 Å². The zero-order chi connectivity index (χ0) is 25.5. The molecule has 9 nitrogen and oxygen atoms in total. The van der Waals surface area contributed by atoms with Crippen LogP contribution in [0, 0.1) is 0 Å². The first-order valence-electron chi connectivity index (χ1n) is 12.0. The van der Waals surface area contributed by atoms with Crippen LogP contribution in [0.3, 0.4) is 0 Å². The number of sulfonamides is 1. The minimum Gasteiger partial charge on any atom is -0.369 e. The van der Waals surface area contributed by atoms with Crippen molar-refractivity contribution >= 4 is 41.7 Å². The SMILES string of the molecule is C[C@H]1CN(c2cc(S(=O)(=O)NC3(C)CC3)cn3c(-c4nnc(C5(C(F)F)CC5)s4)cnc23)C[Si](C)N1. The Kier molecular flexibility index (Phi) is 5.58. The summed E-state index contributed by atoms with van der Waals surface area (Å²) in [7, 11) is -4.64. The van der Waals surface area contributed by atoms with E-state index in [0.29, 0.717) is 40.7 Å². The van der Waals surface area contributed by atoms with Crippen molar-refractivity contribution in [2.75, 3.05) is 17.6 Å². The van der Waals surface area contributed by atoms with E-state index < -0.39 is 36.4 Å². The Balaban J connectivity index is 1.48. The topological polar surface area (TPSA) is 105 Å². The van der Waals surface area contributed by atoms with Crippen LogP contribution >= 0.6 is 11.3 Å². The average molecular weight is 553 g/mol. The van der Waals surface area contributed by atoms with Gasteiger partial charge in [-0.05, 0) is 45.6 Å². The van der Waals surface area contributed by atoms with E-state index in [1.165, 1.54) is 0 Å². The van der Waals surface area contributed by atoms with Gasteiger partial charge in [0.1, 0.15) is 15.6 Å². The van der Waals surface area contributed by atoms with Gasteiger partial charge in [0, 0.05) is 30.5 Å². The molecule has 2 aliphatic carbocycles. The lowest BCUT2D eigenvalue weighted by Gasteiger charge is -2.37. The summed E-state index contributed by atoms with van der Waals surface area (Å²) in [5.74, 6) is 0. The van der Waals surface area contributed by atoms with E-state index in [1.807, 2.05) is 6.92 Å². The fourth-order valence-electron chi connectivity index (χ4n) is 4.82. The van der Waals surface area contributed by atoms with Crippen molar-refractivity contribution in [2.24, 2.45) is 0 Å². The maximum atomic E-state index is 13.7. The van der Waals surface area contributed by atoms with E-state index in [9.17, 15) is 17.2 Å². The van der Waals surface area contributed by atoms with Crippen LogP contribution < -0.4 is 14.6 Å². The van der Waals surface area contributed by atoms with Crippen molar-refractivity contribution in [2.45, 2.75) is 74.4 Å². The first-order chi connectivity index (χ1) is 17.0. The monoisotopic (exact) mass is 552 g/mol. The van der Waals surface area contributed by atoms with Crippen molar-refractivity contribution in [1.29, 1.82) is 0 Å². The van der Waals surface area contributed by atoms with Gasteiger partial charge < -0.3 is 9.88 Å². The lowest BCUT2D eigenvalue weighted by Crippen LogP contribution is -2.57. The molecule has 3 aliphatic rings. The number of halogens is 2. The summed E-state index contributed by atoms with van der Waals surface area (Å²) in [5, 5.41) is 9.08. The van der Waals surface area contributed by atoms with Crippen molar-refractivity contribution < 1.29 is 17.2 Å².